The molecule has 7 heteroatoms. The molecule has 1 atom stereocenters. The molecule has 0 aliphatic carbocycles. The zero-order chi connectivity index (χ0) is 17.9. The highest BCUT2D eigenvalue weighted by molar-refractivity contribution is 8.00. The van der Waals surface area contributed by atoms with Crippen LogP contribution in [0.4, 0.5) is 0 Å². The third kappa shape index (κ3) is 3.44. The van der Waals surface area contributed by atoms with E-state index in [4.69, 9.17) is 0 Å². The number of para-hydroxylation sites is 1. The number of rotatable bonds is 4. The summed E-state index contributed by atoms with van der Waals surface area (Å²) >= 11 is 1.47. The number of likely N-dealkylation sites (tertiary alicyclic amines) is 1. The smallest absolute Gasteiger partial charge is 0.232 e. The summed E-state index contributed by atoms with van der Waals surface area (Å²) in [5.41, 5.74) is 1.71. The molecule has 0 unspecified atom stereocenters. The lowest BCUT2D eigenvalue weighted by Gasteiger charge is -2.30. The normalized spacial score (nSPS) is 17.6. The molecular weight excluding hydrogens is 346 g/mol. The lowest BCUT2D eigenvalue weighted by molar-refractivity contribution is -0.130. The minimum absolute atomic E-state index is 0.184. The molecule has 1 amide bonds. The Morgan fingerprint density at radius 1 is 1.27 bits per heavy atom. The van der Waals surface area contributed by atoms with Crippen LogP contribution in [0.1, 0.15) is 19.8 Å². The Hall–Kier alpha value is -2.41. The molecule has 3 aromatic rings. The maximum atomic E-state index is 12.5. The molecule has 0 N–H and O–H groups in total. The van der Waals surface area contributed by atoms with Gasteiger partial charge in [-0.15, -0.1) is 0 Å². The van der Waals surface area contributed by atoms with Crippen LogP contribution in [0.3, 0.4) is 0 Å². The Labute approximate surface area is 156 Å². The van der Waals surface area contributed by atoms with Crippen molar-refractivity contribution in [2.45, 2.75) is 24.8 Å². The monoisotopic (exact) mass is 367 g/mol. The molecule has 0 spiro atoms. The molecular formula is C19H21N5OS. The van der Waals surface area contributed by atoms with Crippen molar-refractivity contribution in [1.29, 1.82) is 0 Å². The number of thioether (sulfide) groups is 1. The summed E-state index contributed by atoms with van der Waals surface area (Å²) in [4.78, 5) is 23.3. The number of hydrogen-bond donors (Lipinski definition) is 0. The predicted octanol–water partition coefficient (Wildman–Crippen LogP) is 3.17. The van der Waals surface area contributed by atoms with Crippen molar-refractivity contribution in [2.24, 2.45) is 5.92 Å². The number of benzene rings is 1. The van der Waals surface area contributed by atoms with Crippen LogP contribution in [0.2, 0.25) is 0 Å². The summed E-state index contributed by atoms with van der Waals surface area (Å²) in [6.07, 6.45) is 5.62. The minimum Gasteiger partial charge on any atom is -0.342 e. The average molecular weight is 367 g/mol. The summed E-state index contributed by atoms with van der Waals surface area (Å²) in [6.45, 7) is 3.94. The highest BCUT2D eigenvalue weighted by atomic mass is 32.2. The fraction of sp³-hybridized carbons (Fsp3) is 0.368. The summed E-state index contributed by atoms with van der Waals surface area (Å²) < 4.78 is 1.80. The molecule has 134 valence electrons. The van der Waals surface area contributed by atoms with E-state index in [1.54, 1.807) is 17.2 Å². The minimum atomic E-state index is 0.184. The molecule has 26 heavy (non-hydrogen) atoms. The van der Waals surface area contributed by atoms with E-state index in [1.807, 2.05) is 35.2 Å². The highest BCUT2D eigenvalue weighted by Gasteiger charge is 2.21. The van der Waals surface area contributed by atoms with Gasteiger partial charge < -0.3 is 4.90 Å². The second-order valence-corrected chi connectivity index (χ2v) is 7.65. The summed E-state index contributed by atoms with van der Waals surface area (Å²) in [7, 11) is 0. The van der Waals surface area contributed by atoms with Gasteiger partial charge >= 0.3 is 0 Å². The van der Waals surface area contributed by atoms with Crippen molar-refractivity contribution >= 4 is 28.7 Å². The first-order chi connectivity index (χ1) is 12.7. The fourth-order valence-corrected chi connectivity index (χ4v) is 4.20. The molecule has 0 bridgehead atoms. The molecule has 6 nitrogen and oxygen atoms in total. The van der Waals surface area contributed by atoms with Gasteiger partial charge in [0, 0.05) is 13.1 Å². The van der Waals surface area contributed by atoms with Crippen LogP contribution in [0.25, 0.3) is 16.7 Å². The Morgan fingerprint density at radius 2 is 2.12 bits per heavy atom. The first kappa shape index (κ1) is 17.0. The molecule has 3 heterocycles. The number of carbonyl (C=O) groups excluding carboxylic acids is 1. The van der Waals surface area contributed by atoms with Crippen molar-refractivity contribution in [2.75, 3.05) is 18.8 Å². The number of nitrogens with zero attached hydrogens (tertiary/aromatic N) is 5. The molecule has 0 saturated carbocycles. The van der Waals surface area contributed by atoms with Gasteiger partial charge in [0.2, 0.25) is 5.91 Å². The second kappa shape index (κ2) is 7.45. The van der Waals surface area contributed by atoms with Gasteiger partial charge in [-0.05, 0) is 30.9 Å². The number of amides is 1. The molecule has 0 radical (unpaired) electrons. The Kier molecular flexibility index (Phi) is 4.88. The number of piperidine rings is 1. The van der Waals surface area contributed by atoms with Crippen LogP contribution < -0.4 is 0 Å². The number of aromatic nitrogens is 4. The van der Waals surface area contributed by atoms with E-state index in [0.717, 1.165) is 41.3 Å². The molecule has 1 aromatic carbocycles. The maximum Gasteiger partial charge on any atom is 0.232 e. The third-order valence-electron chi connectivity index (χ3n) is 4.67. The van der Waals surface area contributed by atoms with Gasteiger partial charge in [-0.3, -0.25) is 4.79 Å². The van der Waals surface area contributed by atoms with Gasteiger partial charge in [0.15, 0.2) is 5.65 Å². The Morgan fingerprint density at radius 3 is 2.92 bits per heavy atom. The van der Waals surface area contributed by atoms with E-state index in [-0.39, 0.29) is 5.91 Å². The molecule has 4 rings (SSSR count). The molecule has 1 saturated heterocycles. The third-order valence-corrected chi connectivity index (χ3v) is 5.66. The largest absolute Gasteiger partial charge is 0.342 e. The Balaban J connectivity index is 1.52. The molecule has 1 fully saturated rings. The van der Waals surface area contributed by atoms with E-state index in [0.29, 0.717) is 11.7 Å². The van der Waals surface area contributed by atoms with Crippen LogP contribution in [0.5, 0.6) is 0 Å². The van der Waals surface area contributed by atoms with E-state index in [1.165, 1.54) is 18.2 Å². The zero-order valence-electron chi connectivity index (χ0n) is 14.7. The quantitative estimate of drug-likeness (QED) is 0.523. The van der Waals surface area contributed by atoms with Crippen LogP contribution in [-0.2, 0) is 4.79 Å². The van der Waals surface area contributed by atoms with Crippen molar-refractivity contribution in [3.63, 3.8) is 0 Å². The standard InChI is InChI=1S/C19H21N5OS/c1-14-6-5-9-23(11-14)17(25)12-26-19-16-10-22-24(18(16)20-13-21-19)15-7-3-2-4-8-15/h2-4,7-8,10,13-14H,5-6,9,11-12H2,1H3/t14-/m1/s1. The molecule has 1 aliphatic heterocycles. The van der Waals surface area contributed by atoms with Crippen LogP contribution >= 0.6 is 11.8 Å². The predicted molar refractivity (Wildman–Crippen MR) is 102 cm³/mol. The van der Waals surface area contributed by atoms with Gasteiger partial charge in [0.05, 0.1) is 23.0 Å². The van der Waals surface area contributed by atoms with E-state index in [2.05, 4.69) is 22.0 Å². The zero-order valence-corrected chi connectivity index (χ0v) is 15.5. The van der Waals surface area contributed by atoms with Crippen molar-refractivity contribution in [3.05, 3.63) is 42.9 Å². The highest BCUT2D eigenvalue weighted by Crippen LogP contribution is 2.26. The average Bonchev–Trinajstić information content (AvgIpc) is 3.11. The summed E-state index contributed by atoms with van der Waals surface area (Å²) in [5.74, 6) is 1.17. The van der Waals surface area contributed by atoms with Crippen molar-refractivity contribution < 1.29 is 4.79 Å². The lowest BCUT2D eigenvalue weighted by Crippen LogP contribution is -2.40. The first-order valence-corrected chi connectivity index (χ1v) is 9.85. The van der Waals surface area contributed by atoms with E-state index in [9.17, 15) is 4.79 Å². The fourth-order valence-electron chi connectivity index (χ4n) is 3.33. The maximum absolute atomic E-state index is 12.5. The van der Waals surface area contributed by atoms with Crippen molar-refractivity contribution in [3.8, 4) is 5.69 Å². The van der Waals surface area contributed by atoms with Crippen molar-refractivity contribution in [1.82, 2.24) is 24.6 Å². The van der Waals surface area contributed by atoms with Gasteiger partial charge in [-0.25, -0.2) is 14.6 Å². The van der Waals surface area contributed by atoms with E-state index >= 15 is 0 Å². The van der Waals surface area contributed by atoms with Gasteiger partial charge in [0.25, 0.3) is 0 Å². The Bertz CT molecular complexity index is 911. The van der Waals surface area contributed by atoms with Crippen LogP contribution in [0.15, 0.2) is 47.9 Å². The van der Waals surface area contributed by atoms with Gasteiger partial charge in [0.1, 0.15) is 11.4 Å². The molecule has 2 aromatic heterocycles. The summed E-state index contributed by atoms with van der Waals surface area (Å²) in [5, 5.41) is 6.14. The van der Waals surface area contributed by atoms with Crippen LogP contribution in [0, 0.1) is 5.92 Å². The molecule has 1 aliphatic rings. The first-order valence-electron chi connectivity index (χ1n) is 8.87. The van der Waals surface area contributed by atoms with E-state index < -0.39 is 0 Å². The number of hydrogen-bond acceptors (Lipinski definition) is 5. The van der Waals surface area contributed by atoms with Gasteiger partial charge in [-0.2, -0.15) is 5.10 Å². The van der Waals surface area contributed by atoms with Crippen LogP contribution in [-0.4, -0.2) is 49.4 Å². The topological polar surface area (TPSA) is 63.9 Å². The number of fused-ring (bicyclic) bond motifs is 1. The summed E-state index contributed by atoms with van der Waals surface area (Å²) in [6, 6.07) is 9.89. The SMILES string of the molecule is C[C@@H]1CCCN(C(=O)CSc2ncnc3c2cnn3-c2ccccc2)C1. The number of carbonyl (C=O) groups is 1. The van der Waals surface area contributed by atoms with Gasteiger partial charge in [-0.1, -0.05) is 36.9 Å². The second-order valence-electron chi connectivity index (χ2n) is 6.68. The lowest BCUT2D eigenvalue weighted by atomic mass is 10.0.